The zero-order valence-electron chi connectivity index (χ0n) is 12.4. The predicted octanol–water partition coefficient (Wildman–Crippen LogP) is 1.85. The lowest BCUT2D eigenvalue weighted by molar-refractivity contribution is -0.146. The minimum atomic E-state index is -0.345. The van der Waals surface area contributed by atoms with E-state index in [9.17, 15) is 9.59 Å². The lowest BCUT2D eigenvalue weighted by Crippen LogP contribution is -2.35. The number of rotatable bonds is 6. The molecule has 0 bridgehead atoms. The zero-order chi connectivity index (χ0) is 15.1. The Morgan fingerprint density at radius 1 is 1.20 bits per heavy atom. The minimum Gasteiger partial charge on any atom is -0.497 e. The van der Waals surface area contributed by atoms with Crippen LogP contribution in [0.1, 0.15) is 19.4 Å². The molecule has 1 rings (SSSR count). The minimum absolute atomic E-state index is 0.0726. The fraction of sp³-hybridized carbons (Fsp3) is 0.467. The summed E-state index contributed by atoms with van der Waals surface area (Å²) in [7, 11) is 2.95. The first-order valence-corrected chi connectivity index (χ1v) is 6.44. The summed E-state index contributed by atoms with van der Waals surface area (Å²) in [6, 6.07) is 7.49. The highest BCUT2D eigenvalue weighted by molar-refractivity contribution is 5.76. The Hall–Kier alpha value is -2.04. The summed E-state index contributed by atoms with van der Waals surface area (Å²) in [5.41, 5.74) is 0.984. The summed E-state index contributed by atoms with van der Waals surface area (Å²) in [5, 5.41) is 0. The summed E-state index contributed by atoms with van der Waals surface area (Å²) in [4.78, 5) is 24.7. The Kier molecular flexibility index (Phi) is 6.03. The van der Waals surface area contributed by atoms with Crippen LogP contribution < -0.4 is 4.74 Å². The van der Waals surface area contributed by atoms with E-state index in [4.69, 9.17) is 4.74 Å². The molecule has 1 aromatic rings. The maximum Gasteiger partial charge on any atom is 0.310 e. The zero-order valence-corrected chi connectivity index (χ0v) is 12.4. The number of hydrogen-bond acceptors (Lipinski definition) is 4. The molecule has 0 aliphatic carbocycles. The highest BCUT2D eigenvalue weighted by Gasteiger charge is 2.19. The van der Waals surface area contributed by atoms with Crippen molar-refractivity contribution < 1.29 is 19.1 Å². The first-order chi connectivity index (χ1) is 9.47. The number of hydrogen-bond donors (Lipinski definition) is 0. The molecule has 0 saturated carbocycles. The average molecular weight is 279 g/mol. The van der Waals surface area contributed by atoms with E-state index < -0.39 is 0 Å². The van der Waals surface area contributed by atoms with Gasteiger partial charge in [0.05, 0.1) is 20.1 Å². The van der Waals surface area contributed by atoms with Crippen molar-refractivity contribution >= 4 is 11.9 Å². The van der Waals surface area contributed by atoms with Crippen LogP contribution in [0, 0.1) is 5.92 Å². The van der Waals surface area contributed by atoms with E-state index in [1.165, 1.54) is 14.0 Å². The van der Waals surface area contributed by atoms with Crippen LogP contribution in [-0.2, 0) is 20.9 Å². The number of ether oxygens (including phenoxy) is 2. The smallest absolute Gasteiger partial charge is 0.310 e. The molecule has 5 heteroatoms. The summed E-state index contributed by atoms with van der Waals surface area (Å²) in [6.45, 7) is 4.04. The molecule has 1 unspecified atom stereocenters. The van der Waals surface area contributed by atoms with Gasteiger partial charge in [-0.05, 0) is 17.7 Å². The van der Waals surface area contributed by atoms with Crippen molar-refractivity contribution in [3.63, 3.8) is 0 Å². The number of amides is 1. The lowest BCUT2D eigenvalue weighted by atomic mass is 10.1. The Labute approximate surface area is 119 Å². The average Bonchev–Trinajstić information content (AvgIpc) is 2.46. The third kappa shape index (κ3) is 4.57. The monoisotopic (exact) mass is 279 g/mol. The molecule has 1 amide bonds. The second kappa shape index (κ2) is 7.53. The normalized spacial score (nSPS) is 11.6. The fourth-order valence-electron chi connectivity index (χ4n) is 1.86. The quantitative estimate of drug-likeness (QED) is 0.746. The van der Waals surface area contributed by atoms with E-state index in [2.05, 4.69) is 4.74 Å². The number of esters is 1. The maximum absolute atomic E-state index is 11.7. The molecule has 1 aromatic carbocycles. The van der Waals surface area contributed by atoms with Gasteiger partial charge in [0.25, 0.3) is 0 Å². The van der Waals surface area contributed by atoms with Crippen LogP contribution in [0.2, 0.25) is 0 Å². The molecular weight excluding hydrogens is 258 g/mol. The molecule has 0 spiro atoms. The van der Waals surface area contributed by atoms with E-state index >= 15 is 0 Å². The molecule has 0 aliphatic rings. The highest BCUT2D eigenvalue weighted by atomic mass is 16.5. The van der Waals surface area contributed by atoms with Gasteiger partial charge in [0.2, 0.25) is 5.91 Å². The van der Waals surface area contributed by atoms with Crippen LogP contribution in [0.3, 0.4) is 0 Å². The second-order valence-corrected chi connectivity index (χ2v) is 4.67. The van der Waals surface area contributed by atoms with Crippen molar-refractivity contribution in [1.82, 2.24) is 4.90 Å². The first-order valence-electron chi connectivity index (χ1n) is 6.44. The van der Waals surface area contributed by atoms with Crippen molar-refractivity contribution in [2.45, 2.75) is 20.4 Å². The van der Waals surface area contributed by atoms with Crippen LogP contribution in [0.15, 0.2) is 24.3 Å². The Balaban J connectivity index is 2.71. The summed E-state index contributed by atoms with van der Waals surface area (Å²) < 4.78 is 9.77. The number of carbonyl (C=O) groups is 2. The van der Waals surface area contributed by atoms with Gasteiger partial charge >= 0.3 is 5.97 Å². The first kappa shape index (κ1) is 16.0. The summed E-state index contributed by atoms with van der Waals surface area (Å²) >= 11 is 0. The van der Waals surface area contributed by atoms with Gasteiger partial charge in [-0.25, -0.2) is 0 Å². The molecule has 110 valence electrons. The topological polar surface area (TPSA) is 55.8 Å². The predicted molar refractivity (Wildman–Crippen MR) is 75.3 cm³/mol. The van der Waals surface area contributed by atoms with Crippen LogP contribution in [0.25, 0.3) is 0 Å². The van der Waals surface area contributed by atoms with E-state index in [0.717, 1.165) is 11.3 Å². The molecule has 0 aromatic heterocycles. The second-order valence-electron chi connectivity index (χ2n) is 4.67. The van der Waals surface area contributed by atoms with E-state index in [1.54, 1.807) is 18.9 Å². The summed E-state index contributed by atoms with van der Waals surface area (Å²) in [6.07, 6.45) is 0. The van der Waals surface area contributed by atoms with Crippen LogP contribution >= 0.6 is 0 Å². The number of carbonyl (C=O) groups excluding carboxylic acids is 2. The Bertz CT molecular complexity index is 455. The van der Waals surface area contributed by atoms with Crippen molar-refractivity contribution in [1.29, 1.82) is 0 Å². The highest BCUT2D eigenvalue weighted by Crippen LogP contribution is 2.14. The fourth-order valence-corrected chi connectivity index (χ4v) is 1.86. The van der Waals surface area contributed by atoms with Crippen LogP contribution in [-0.4, -0.2) is 37.5 Å². The van der Waals surface area contributed by atoms with Crippen LogP contribution in [0.5, 0.6) is 5.75 Å². The standard InChI is InChI=1S/C15H21NO4/c1-11(15(18)20-4)9-16(12(2)17)10-13-5-7-14(19-3)8-6-13/h5-8,11H,9-10H2,1-4H3. The van der Waals surface area contributed by atoms with E-state index in [-0.39, 0.29) is 17.8 Å². The molecule has 5 nitrogen and oxygen atoms in total. The third-order valence-corrected chi connectivity index (χ3v) is 3.08. The van der Waals surface area contributed by atoms with Gasteiger partial charge in [0.1, 0.15) is 5.75 Å². The van der Waals surface area contributed by atoms with Gasteiger partial charge in [0.15, 0.2) is 0 Å². The SMILES string of the molecule is COC(=O)C(C)CN(Cc1ccc(OC)cc1)C(C)=O. The van der Waals surface area contributed by atoms with Gasteiger partial charge in [-0.15, -0.1) is 0 Å². The Morgan fingerprint density at radius 3 is 2.25 bits per heavy atom. The summed E-state index contributed by atoms with van der Waals surface area (Å²) in [5.74, 6) is 0.0377. The van der Waals surface area contributed by atoms with Gasteiger partial charge in [-0.3, -0.25) is 9.59 Å². The molecule has 20 heavy (non-hydrogen) atoms. The molecule has 0 heterocycles. The molecule has 0 N–H and O–H groups in total. The van der Waals surface area contributed by atoms with Crippen LogP contribution in [0.4, 0.5) is 0 Å². The largest absolute Gasteiger partial charge is 0.497 e. The molecule has 1 atom stereocenters. The van der Waals surface area contributed by atoms with Crippen molar-refractivity contribution in [3.8, 4) is 5.75 Å². The molecule has 0 saturated heterocycles. The van der Waals surface area contributed by atoms with Crippen molar-refractivity contribution in [3.05, 3.63) is 29.8 Å². The van der Waals surface area contributed by atoms with E-state index in [0.29, 0.717) is 13.1 Å². The van der Waals surface area contributed by atoms with Gasteiger partial charge in [-0.1, -0.05) is 19.1 Å². The van der Waals surface area contributed by atoms with Gasteiger partial charge in [-0.2, -0.15) is 0 Å². The Morgan fingerprint density at radius 2 is 1.80 bits per heavy atom. The molecular formula is C15H21NO4. The van der Waals surface area contributed by atoms with Gasteiger partial charge in [0, 0.05) is 20.0 Å². The van der Waals surface area contributed by atoms with E-state index in [1.807, 2.05) is 24.3 Å². The third-order valence-electron chi connectivity index (χ3n) is 3.08. The lowest BCUT2D eigenvalue weighted by Gasteiger charge is -2.23. The number of benzene rings is 1. The molecule has 0 radical (unpaired) electrons. The molecule has 0 aliphatic heterocycles. The van der Waals surface area contributed by atoms with Crippen molar-refractivity contribution in [2.24, 2.45) is 5.92 Å². The van der Waals surface area contributed by atoms with Crippen molar-refractivity contribution in [2.75, 3.05) is 20.8 Å². The maximum atomic E-state index is 11.7. The number of nitrogens with zero attached hydrogens (tertiary/aromatic N) is 1. The number of methoxy groups -OCH3 is 2. The molecule has 0 fully saturated rings. The van der Waals surface area contributed by atoms with Gasteiger partial charge < -0.3 is 14.4 Å².